The van der Waals surface area contributed by atoms with Crippen molar-refractivity contribution in [2.75, 3.05) is 11.9 Å². The van der Waals surface area contributed by atoms with Crippen molar-refractivity contribution in [3.63, 3.8) is 0 Å². The summed E-state index contributed by atoms with van der Waals surface area (Å²) in [6, 6.07) is 6.05. The van der Waals surface area contributed by atoms with Crippen molar-refractivity contribution in [2.24, 2.45) is 0 Å². The van der Waals surface area contributed by atoms with Crippen LogP contribution in [0.4, 0.5) is 10.5 Å². The Bertz CT molecular complexity index is 422. The topological polar surface area (TPSA) is 98.7 Å². The fourth-order valence-corrected chi connectivity index (χ4v) is 1.28. The van der Waals surface area contributed by atoms with E-state index in [1.54, 1.807) is 24.3 Å². The molecule has 4 N–H and O–H groups in total. The summed E-state index contributed by atoms with van der Waals surface area (Å²) in [6.07, 6.45) is -1.52. The van der Waals surface area contributed by atoms with Gasteiger partial charge in [-0.1, -0.05) is 11.6 Å². The van der Waals surface area contributed by atoms with Crippen LogP contribution in [0.5, 0.6) is 0 Å². The third-order valence-electron chi connectivity index (χ3n) is 2.09. The Hall–Kier alpha value is -1.79. The highest BCUT2D eigenvalue weighted by Crippen LogP contribution is 2.12. The number of halogens is 1. The predicted octanol–water partition coefficient (Wildman–Crippen LogP) is 1.30. The molecule has 0 saturated carbocycles. The number of urea groups is 1. The van der Waals surface area contributed by atoms with Gasteiger partial charge in [0.15, 0.2) is 6.10 Å². The minimum Gasteiger partial charge on any atom is -0.479 e. The summed E-state index contributed by atoms with van der Waals surface area (Å²) < 4.78 is 0. The number of aliphatic hydroxyl groups excluding tert-OH is 1. The molecule has 0 heterocycles. The number of aliphatic hydroxyl groups is 1. The van der Waals surface area contributed by atoms with Gasteiger partial charge in [-0.3, -0.25) is 0 Å². The summed E-state index contributed by atoms with van der Waals surface area (Å²) in [5, 5.41) is 22.9. The lowest BCUT2D eigenvalue weighted by Crippen LogP contribution is -2.33. The summed E-state index contributed by atoms with van der Waals surface area (Å²) in [5.74, 6) is -1.31. The average molecular weight is 273 g/mol. The highest BCUT2D eigenvalue weighted by atomic mass is 35.5. The number of hydrogen-bond donors (Lipinski definition) is 4. The summed E-state index contributed by atoms with van der Waals surface area (Å²) in [6.45, 7) is 0.0624. The SMILES string of the molecule is O=C(NCC[C@H](O)C(=O)O)Nc1ccc(Cl)cc1. The first kappa shape index (κ1) is 14.3. The Morgan fingerprint density at radius 1 is 1.28 bits per heavy atom. The molecular formula is C11H13ClN2O4. The van der Waals surface area contributed by atoms with Crippen LogP contribution in [0, 0.1) is 0 Å². The molecule has 18 heavy (non-hydrogen) atoms. The first-order valence-corrected chi connectivity index (χ1v) is 5.58. The van der Waals surface area contributed by atoms with Crippen molar-refractivity contribution < 1.29 is 19.8 Å². The van der Waals surface area contributed by atoms with Crippen LogP contribution in [0.15, 0.2) is 24.3 Å². The second kappa shape index (κ2) is 6.83. The Kier molecular flexibility index (Phi) is 5.41. The van der Waals surface area contributed by atoms with Crippen LogP contribution in [-0.4, -0.2) is 34.9 Å². The van der Waals surface area contributed by atoms with E-state index in [1.165, 1.54) is 0 Å². The molecule has 0 aromatic heterocycles. The number of carboxylic acids is 1. The lowest BCUT2D eigenvalue weighted by molar-refractivity contribution is -0.146. The number of benzene rings is 1. The molecule has 0 saturated heterocycles. The van der Waals surface area contributed by atoms with Gasteiger partial charge in [0.05, 0.1) is 0 Å². The van der Waals surface area contributed by atoms with Gasteiger partial charge < -0.3 is 20.8 Å². The number of rotatable bonds is 5. The number of carbonyl (C=O) groups is 2. The molecule has 2 amide bonds. The first-order valence-electron chi connectivity index (χ1n) is 5.20. The van der Waals surface area contributed by atoms with E-state index in [-0.39, 0.29) is 13.0 Å². The second-order valence-corrected chi connectivity index (χ2v) is 3.97. The standard InChI is InChI=1S/C11H13ClN2O4/c12-7-1-3-8(4-2-7)14-11(18)13-6-5-9(15)10(16)17/h1-4,9,15H,5-6H2,(H,16,17)(H2,13,14,18)/t9-/m0/s1. The second-order valence-electron chi connectivity index (χ2n) is 3.53. The number of nitrogens with one attached hydrogen (secondary N) is 2. The molecule has 1 aromatic rings. The van der Waals surface area contributed by atoms with E-state index < -0.39 is 18.1 Å². The number of amides is 2. The smallest absolute Gasteiger partial charge is 0.332 e. The van der Waals surface area contributed by atoms with E-state index in [9.17, 15) is 9.59 Å². The normalized spacial score (nSPS) is 11.7. The molecule has 0 spiro atoms. The van der Waals surface area contributed by atoms with Gasteiger partial charge in [-0.05, 0) is 24.3 Å². The van der Waals surface area contributed by atoms with Crippen LogP contribution in [-0.2, 0) is 4.79 Å². The van der Waals surface area contributed by atoms with E-state index in [4.69, 9.17) is 21.8 Å². The molecule has 0 aliphatic rings. The molecule has 6 nitrogen and oxygen atoms in total. The van der Waals surface area contributed by atoms with Gasteiger partial charge in [0.2, 0.25) is 0 Å². The van der Waals surface area contributed by atoms with Crippen molar-refractivity contribution in [1.29, 1.82) is 0 Å². The largest absolute Gasteiger partial charge is 0.479 e. The molecule has 1 atom stereocenters. The number of hydrogen-bond acceptors (Lipinski definition) is 3. The van der Waals surface area contributed by atoms with Crippen molar-refractivity contribution in [3.05, 3.63) is 29.3 Å². The molecule has 0 unspecified atom stereocenters. The molecule has 1 rings (SSSR count). The van der Waals surface area contributed by atoms with E-state index >= 15 is 0 Å². The van der Waals surface area contributed by atoms with Crippen molar-refractivity contribution in [2.45, 2.75) is 12.5 Å². The average Bonchev–Trinajstić information content (AvgIpc) is 2.32. The van der Waals surface area contributed by atoms with Gasteiger partial charge in [-0.25, -0.2) is 9.59 Å². The van der Waals surface area contributed by atoms with Crippen LogP contribution in [0.1, 0.15) is 6.42 Å². The molecule has 0 radical (unpaired) electrons. The number of carbonyl (C=O) groups excluding carboxylic acids is 1. The minimum atomic E-state index is -1.47. The molecule has 98 valence electrons. The highest BCUT2D eigenvalue weighted by Gasteiger charge is 2.12. The minimum absolute atomic E-state index is 0.0522. The maximum atomic E-state index is 11.4. The van der Waals surface area contributed by atoms with E-state index in [0.717, 1.165) is 0 Å². The van der Waals surface area contributed by atoms with Gasteiger partial charge in [-0.2, -0.15) is 0 Å². The Balaban J connectivity index is 2.30. The zero-order valence-corrected chi connectivity index (χ0v) is 10.1. The monoisotopic (exact) mass is 272 g/mol. The predicted molar refractivity (Wildman–Crippen MR) is 66.7 cm³/mol. The lowest BCUT2D eigenvalue weighted by Gasteiger charge is -2.08. The number of carboxylic acid groups (broad SMARTS) is 1. The van der Waals surface area contributed by atoms with Gasteiger partial charge in [0.25, 0.3) is 0 Å². The van der Waals surface area contributed by atoms with Crippen molar-refractivity contribution >= 4 is 29.3 Å². The molecule has 7 heteroatoms. The van der Waals surface area contributed by atoms with Crippen LogP contribution >= 0.6 is 11.6 Å². The van der Waals surface area contributed by atoms with Gasteiger partial charge >= 0.3 is 12.0 Å². The van der Waals surface area contributed by atoms with Crippen molar-refractivity contribution in [1.82, 2.24) is 5.32 Å². The van der Waals surface area contributed by atoms with E-state index in [1.807, 2.05) is 0 Å². The van der Waals surface area contributed by atoms with Crippen LogP contribution in [0.2, 0.25) is 5.02 Å². The van der Waals surface area contributed by atoms with Gasteiger partial charge in [-0.15, -0.1) is 0 Å². The first-order chi connectivity index (χ1) is 8.49. The maximum absolute atomic E-state index is 11.4. The summed E-state index contributed by atoms with van der Waals surface area (Å²) >= 11 is 5.68. The maximum Gasteiger partial charge on any atom is 0.332 e. The third-order valence-corrected chi connectivity index (χ3v) is 2.34. The van der Waals surface area contributed by atoms with E-state index in [2.05, 4.69) is 10.6 Å². The Labute approximate surface area is 109 Å². The molecule has 0 bridgehead atoms. The summed E-state index contributed by atoms with van der Waals surface area (Å²) in [4.78, 5) is 21.7. The van der Waals surface area contributed by atoms with Gasteiger partial charge in [0, 0.05) is 23.7 Å². The van der Waals surface area contributed by atoms with E-state index in [0.29, 0.717) is 10.7 Å². The van der Waals surface area contributed by atoms with Gasteiger partial charge in [0.1, 0.15) is 0 Å². The third kappa shape index (κ3) is 5.03. The highest BCUT2D eigenvalue weighted by molar-refractivity contribution is 6.30. The Morgan fingerprint density at radius 2 is 1.89 bits per heavy atom. The molecular weight excluding hydrogens is 260 g/mol. The van der Waals surface area contributed by atoms with Crippen LogP contribution in [0.3, 0.4) is 0 Å². The van der Waals surface area contributed by atoms with Crippen LogP contribution < -0.4 is 10.6 Å². The molecule has 0 aliphatic carbocycles. The summed E-state index contributed by atoms with van der Waals surface area (Å²) in [5.41, 5.74) is 0.565. The quantitative estimate of drug-likeness (QED) is 0.649. The number of anilines is 1. The zero-order valence-electron chi connectivity index (χ0n) is 9.39. The fourth-order valence-electron chi connectivity index (χ4n) is 1.15. The zero-order chi connectivity index (χ0) is 13.5. The lowest BCUT2D eigenvalue weighted by atomic mass is 10.2. The number of aliphatic carboxylic acids is 1. The fraction of sp³-hybridized carbons (Fsp3) is 0.273. The molecule has 0 aliphatic heterocycles. The summed E-state index contributed by atoms with van der Waals surface area (Å²) in [7, 11) is 0. The van der Waals surface area contributed by atoms with Crippen LogP contribution in [0.25, 0.3) is 0 Å². The molecule has 0 fully saturated rings. The molecule has 1 aromatic carbocycles. The van der Waals surface area contributed by atoms with Crippen molar-refractivity contribution in [3.8, 4) is 0 Å². The Morgan fingerprint density at radius 3 is 2.44 bits per heavy atom.